The van der Waals surface area contributed by atoms with E-state index in [0.717, 1.165) is 11.4 Å². The normalized spacial score (nSPS) is 11.6. The molecule has 4 nitrogen and oxygen atoms in total. The lowest BCUT2D eigenvalue weighted by atomic mass is 9.92. The number of thioether (sulfide) groups is 1. The van der Waals surface area contributed by atoms with Crippen LogP contribution in [0.4, 0.5) is 0 Å². The van der Waals surface area contributed by atoms with Gasteiger partial charge in [-0.25, -0.2) is 4.79 Å². The van der Waals surface area contributed by atoms with E-state index in [-0.39, 0.29) is 11.4 Å². The first-order valence-electron chi connectivity index (χ1n) is 5.57. The summed E-state index contributed by atoms with van der Waals surface area (Å²) >= 11 is 1.65. The smallest absolute Gasteiger partial charge is 0.356 e. The van der Waals surface area contributed by atoms with Gasteiger partial charge in [0.15, 0.2) is 0 Å². The Morgan fingerprint density at radius 2 is 2.18 bits per heavy atom. The van der Waals surface area contributed by atoms with Gasteiger partial charge in [0.05, 0.1) is 5.69 Å². The van der Waals surface area contributed by atoms with Crippen LogP contribution < -0.4 is 0 Å². The Morgan fingerprint density at radius 3 is 2.65 bits per heavy atom. The highest BCUT2D eigenvalue weighted by molar-refractivity contribution is 7.98. The highest BCUT2D eigenvalue weighted by atomic mass is 32.2. The molecule has 17 heavy (non-hydrogen) atoms. The summed E-state index contributed by atoms with van der Waals surface area (Å²) < 4.78 is 6.74. The van der Waals surface area contributed by atoms with Crippen LogP contribution in [0.15, 0.2) is 6.07 Å². The molecule has 0 aliphatic rings. The minimum Gasteiger partial charge on any atom is -0.460 e. The van der Waals surface area contributed by atoms with Gasteiger partial charge < -0.3 is 4.74 Å². The van der Waals surface area contributed by atoms with Crippen LogP contribution in [0.5, 0.6) is 0 Å². The fourth-order valence-electron chi connectivity index (χ4n) is 1.32. The fourth-order valence-corrected chi connectivity index (χ4v) is 1.57. The molecule has 0 aliphatic carbocycles. The number of hydrogen-bond donors (Lipinski definition) is 0. The van der Waals surface area contributed by atoms with E-state index >= 15 is 0 Å². The van der Waals surface area contributed by atoms with Crippen molar-refractivity contribution in [2.45, 2.75) is 26.2 Å². The van der Waals surface area contributed by atoms with Crippen LogP contribution in [0.25, 0.3) is 0 Å². The third kappa shape index (κ3) is 3.77. The Labute approximate surface area is 107 Å². The van der Waals surface area contributed by atoms with Crippen molar-refractivity contribution in [1.29, 1.82) is 0 Å². The molecule has 1 aromatic heterocycles. The second kappa shape index (κ2) is 5.58. The van der Waals surface area contributed by atoms with E-state index in [4.69, 9.17) is 4.74 Å². The van der Waals surface area contributed by atoms with Gasteiger partial charge in [0.2, 0.25) is 0 Å². The number of aromatic nitrogens is 2. The zero-order valence-electron chi connectivity index (χ0n) is 11.1. The standard InChI is InChI=1S/C12H20N2O2S/c1-12(2,3)10-8-9(14(4)13-10)11(15)16-6-7-17-5/h8H,6-7H2,1-5H3. The lowest BCUT2D eigenvalue weighted by Crippen LogP contribution is -2.12. The summed E-state index contributed by atoms with van der Waals surface area (Å²) in [5.74, 6) is 0.514. The molecule has 0 saturated heterocycles. The van der Waals surface area contributed by atoms with E-state index in [0.29, 0.717) is 12.3 Å². The molecule has 0 aromatic carbocycles. The van der Waals surface area contributed by atoms with Gasteiger partial charge in [-0.05, 0) is 12.3 Å². The van der Waals surface area contributed by atoms with Gasteiger partial charge in [-0.15, -0.1) is 0 Å². The maximum Gasteiger partial charge on any atom is 0.356 e. The van der Waals surface area contributed by atoms with E-state index in [1.165, 1.54) is 0 Å². The number of hydrogen-bond acceptors (Lipinski definition) is 4. The summed E-state index contributed by atoms with van der Waals surface area (Å²) in [4.78, 5) is 11.8. The van der Waals surface area contributed by atoms with Crippen LogP contribution in [0, 0.1) is 0 Å². The zero-order valence-corrected chi connectivity index (χ0v) is 11.9. The molecule has 5 heteroatoms. The predicted octanol–water partition coefficient (Wildman–Crippen LogP) is 2.24. The number of carbonyl (C=O) groups is 1. The Kier molecular flexibility index (Phi) is 4.62. The molecule has 1 rings (SSSR count). The van der Waals surface area contributed by atoms with E-state index in [1.54, 1.807) is 29.6 Å². The van der Waals surface area contributed by atoms with Crippen LogP contribution in [-0.4, -0.2) is 34.4 Å². The van der Waals surface area contributed by atoms with E-state index in [2.05, 4.69) is 25.9 Å². The van der Waals surface area contributed by atoms with Crippen molar-refractivity contribution < 1.29 is 9.53 Å². The van der Waals surface area contributed by atoms with Gasteiger partial charge in [0.25, 0.3) is 0 Å². The van der Waals surface area contributed by atoms with Gasteiger partial charge in [0.1, 0.15) is 12.3 Å². The minimum absolute atomic E-state index is 0.0600. The summed E-state index contributed by atoms with van der Waals surface area (Å²) in [5, 5.41) is 4.34. The van der Waals surface area contributed by atoms with Crippen molar-refractivity contribution in [3.63, 3.8) is 0 Å². The Bertz CT molecular complexity index is 394. The van der Waals surface area contributed by atoms with E-state index in [1.807, 2.05) is 6.26 Å². The van der Waals surface area contributed by atoms with Gasteiger partial charge in [-0.2, -0.15) is 16.9 Å². The third-order valence-corrected chi connectivity index (χ3v) is 2.95. The molecular weight excluding hydrogens is 236 g/mol. The van der Waals surface area contributed by atoms with Crippen molar-refractivity contribution in [3.05, 3.63) is 17.5 Å². The minimum atomic E-state index is -0.301. The first-order valence-corrected chi connectivity index (χ1v) is 6.96. The average Bonchev–Trinajstić information content (AvgIpc) is 2.60. The molecule has 0 amide bonds. The largest absolute Gasteiger partial charge is 0.460 e. The molecule has 0 N–H and O–H groups in total. The monoisotopic (exact) mass is 256 g/mol. The zero-order chi connectivity index (χ0) is 13.1. The molecule has 1 heterocycles. The predicted molar refractivity (Wildman–Crippen MR) is 70.6 cm³/mol. The Balaban J connectivity index is 2.77. The highest BCUT2D eigenvalue weighted by Crippen LogP contribution is 2.21. The van der Waals surface area contributed by atoms with Crippen molar-refractivity contribution in [2.75, 3.05) is 18.6 Å². The van der Waals surface area contributed by atoms with Crippen LogP contribution in [0.3, 0.4) is 0 Å². The quantitative estimate of drug-likeness (QED) is 0.612. The van der Waals surface area contributed by atoms with Crippen molar-refractivity contribution in [3.8, 4) is 0 Å². The topological polar surface area (TPSA) is 44.1 Å². The number of rotatable bonds is 4. The number of ether oxygens (including phenoxy) is 1. The first-order chi connectivity index (χ1) is 7.86. The van der Waals surface area contributed by atoms with E-state index in [9.17, 15) is 4.79 Å². The van der Waals surface area contributed by atoms with Crippen molar-refractivity contribution in [2.24, 2.45) is 7.05 Å². The molecule has 0 radical (unpaired) electrons. The van der Waals surface area contributed by atoms with Gasteiger partial charge in [-0.1, -0.05) is 20.8 Å². The van der Waals surface area contributed by atoms with Crippen molar-refractivity contribution >= 4 is 17.7 Å². The van der Waals surface area contributed by atoms with Gasteiger partial charge >= 0.3 is 5.97 Å². The van der Waals surface area contributed by atoms with Crippen LogP contribution in [0.2, 0.25) is 0 Å². The second-order valence-electron chi connectivity index (χ2n) is 4.92. The molecule has 96 valence electrons. The summed E-state index contributed by atoms with van der Waals surface area (Å²) in [7, 11) is 1.76. The molecule has 0 spiro atoms. The second-order valence-corrected chi connectivity index (χ2v) is 5.90. The maximum absolute atomic E-state index is 11.8. The maximum atomic E-state index is 11.8. The lowest BCUT2D eigenvalue weighted by molar-refractivity contribution is 0.0517. The molecule has 1 aromatic rings. The molecular formula is C12H20N2O2S. The van der Waals surface area contributed by atoms with Crippen LogP contribution in [-0.2, 0) is 17.2 Å². The van der Waals surface area contributed by atoms with Crippen LogP contribution in [0.1, 0.15) is 37.0 Å². The van der Waals surface area contributed by atoms with Gasteiger partial charge in [0, 0.05) is 18.2 Å². The average molecular weight is 256 g/mol. The van der Waals surface area contributed by atoms with E-state index < -0.39 is 0 Å². The SMILES string of the molecule is CSCCOC(=O)c1cc(C(C)(C)C)nn1C. The van der Waals surface area contributed by atoms with Crippen molar-refractivity contribution in [1.82, 2.24) is 9.78 Å². The molecule has 0 atom stereocenters. The summed E-state index contributed by atoms with van der Waals surface area (Å²) in [6.45, 7) is 6.64. The lowest BCUT2D eigenvalue weighted by Gasteiger charge is -2.13. The number of nitrogens with zero attached hydrogens (tertiary/aromatic N) is 2. The molecule has 0 fully saturated rings. The molecule has 0 unspecified atom stereocenters. The fraction of sp³-hybridized carbons (Fsp3) is 0.667. The molecule has 0 bridgehead atoms. The Hall–Kier alpha value is -0.970. The number of carbonyl (C=O) groups excluding carboxylic acids is 1. The molecule has 0 aliphatic heterocycles. The highest BCUT2D eigenvalue weighted by Gasteiger charge is 2.22. The van der Waals surface area contributed by atoms with Gasteiger partial charge in [-0.3, -0.25) is 4.68 Å². The summed E-state index contributed by atoms with van der Waals surface area (Å²) in [5.41, 5.74) is 1.35. The first kappa shape index (κ1) is 14.1. The Morgan fingerprint density at radius 1 is 1.53 bits per heavy atom. The summed E-state index contributed by atoms with van der Waals surface area (Å²) in [6.07, 6.45) is 1.98. The molecule has 0 saturated carbocycles. The van der Waals surface area contributed by atoms with Crippen LogP contribution >= 0.6 is 11.8 Å². The number of esters is 1. The number of aryl methyl sites for hydroxylation is 1. The third-order valence-electron chi connectivity index (χ3n) is 2.38. The summed E-state index contributed by atoms with van der Waals surface area (Å²) in [6, 6.07) is 1.81.